The van der Waals surface area contributed by atoms with Gasteiger partial charge in [0.2, 0.25) is 0 Å². The summed E-state index contributed by atoms with van der Waals surface area (Å²) in [4.78, 5) is 17.0. The normalized spacial score (nSPS) is 37.6. The van der Waals surface area contributed by atoms with Gasteiger partial charge < -0.3 is 9.79 Å². The highest BCUT2D eigenvalue weighted by Gasteiger charge is 2.40. The Hall–Kier alpha value is 1.01. The summed E-state index contributed by atoms with van der Waals surface area (Å²) in [5, 5.41) is 0.679. The summed E-state index contributed by atoms with van der Waals surface area (Å²) < 4.78 is 4.67. The van der Waals surface area contributed by atoms with Crippen LogP contribution in [0.4, 0.5) is 0 Å². The van der Waals surface area contributed by atoms with Crippen LogP contribution in [0.25, 0.3) is 0 Å². The van der Waals surface area contributed by atoms with Gasteiger partial charge in [0.1, 0.15) is 0 Å². The molecule has 76 valence electrons. The molecular formula is C7H13O3PS2. The Morgan fingerprint density at radius 2 is 2.08 bits per heavy atom. The molecule has 0 heterocycles. The third kappa shape index (κ3) is 2.74. The van der Waals surface area contributed by atoms with Gasteiger partial charge in [0.05, 0.1) is 11.1 Å². The van der Waals surface area contributed by atoms with E-state index in [-0.39, 0.29) is 0 Å². The minimum atomic E-state index is -2.19. The van der Waals surface area contributed by atoms with Crippen LogP contribution in [0.5, 0.6) is 0 Å². The molecule has 2 N–H and O–H groups in total. The Morgan fingerprint density at radius 1 is 1.23 bits per heavy atom. The van der Waals surface area contributed by atoms with E-state index in [1.165, 1.54) is 25.7 Å². The minimum Gasteiger partial charge on any atom is -0.327 e. The summed E-state index contributed by atoms with van der Waals surface area (Å²) >= 11 is 1.14. The monoisotopic (exact) mass is 240 g/mol. The summed E-state index contributed by atoms with van der Waals surface area (Å²) in [7, 11) is -0.520. The van der Waals surface area contributed by atoms with Crippen LogP contribution in [0.15, 0.2) is 0 Å². The maximum atomic E-state index is 8.52. The highest BCUT2D eigenvalue weighted by molar-refractivity contribution is 8.75. The maximum Gasteiger partial charge on any atom is 0.340 e. The van der Waals surface area contributed by atoms with Crippen LogP contribution in [0, 0.1) is 11.8 Å². The van der Waals surface area contributed by atoms with Gasteiger partial charge in [-0.3, -0.25) is 0 Å². The fraction of sp³-hybridized carbons (Fsp3) is 1.00. The molecule has 2 bridgehead atoms. The topological polar surface area (TPSA) is 49.7 Å². The van der Waals surface area contributed by atoms with Crippen molar-refractivity contribution in [2.45, 2.75) is 30.9 Å². The first-order chi connectivity index (χ1) is 6.25. The molecule has 0 aromatic rings. The Morgan fingerprint density at radius 3 is 2.62 bits per heavy atom. The number of hydrogen-bond donors (Lipinski definition) is 2. The van der Waals surface area contributed by atoms with E-state index in [1.54, 1.807) is 10.8 Å². The van der Waals surface area contributed by atoms with Crippen LogP contribution in [0.1, 0.15) is 25.7 Å². The minimum absolute atomic E-state index is 0.679. The second-order valence-corrected chi connectivity index (χ2v) is 6.73. The fourth-order valence-electron chi connectivity index (χ4n) is 2.40. The summed E-state index contributed by atoms with van der Waals surface area (Å²) in [6, 6.07) is 0. The predicted octanol–water partition coefficient (Wildman–Crippen LogP) is 2.70. The van der Waals surface area contributed by atoms with Gasteiger partial charge in [0.25, 0.3) is 0 Å². The zero-order valence-electron chi connectivity index (χ0n) is 7.13. The van der Waals surface area contributed by atoms with Gasteiger partial charge in [-0.25, -0.2) is 3.97 Å². The second kappa shape index (κ2) is 4.69. The quantitative estimate of drug-likeness (QED) is 0.449. The number of rotatable bonds is 4. The summed E-state index contributed by atoms with van der Waals surface area (Å²) in [6.45, 7) is 0. The molecule has 2 aliphatic rings. The Labute approximate surface area is 87.2 Å². The number of fused-ring (bicyclic) bond motifs is 2. The second-order valence-electron chi connectivity index (χ2n) is 3.70. The summed E-state index contributed by atoms with van der Waals surface area (Å²) in [6.07, 6.45) is 5.43. The molecule has 3 unspecified atom stereocenters. The van der Waals surface area contributed by atoms with E-state index in [9.17, 15) is 0 Å². The molecule has 2 fully saturated rings. The van der Waals surface area contributed by atoms with Gasteiger partial charge in [0, 0.05) is 5.25 Å². The van der Waals surface area contributed by atoms with E-state index in [1.807, 2.05) is 0 Å². The van der Waals surface area contributed by atoms with E-state index in [4.69, 9.17) is 9.79 Å². The molecule has 6 heteroatoms. The Bertz CT molecular complexity index is 181. The standard InChI is InChI=1S/C7H13O3PS2/c8-11(9)10-13-12-7-4-5-1-2-6(7)3-5/h5-9H,1-4H2. The molecular weight excluding hydrogens is 227 g/mol. The smallest absolute Gasteiger partial charge is 0.327 e. The third-order valence-electron chi connectivity index (χ3n) is 2.93. The van der Waals surface area contributed by atoms with Crippen LogP contribution in [-0.2, 0) is 3.97 Å². The van der Waals surface area contributed by atoms with E-state index in [2.05, 4.69) is 3.97 Å². The Balaban J connectivity index is 1.66. The number of hydrogen-bond acceptors (Lipinski definition) is 5. The first kappa shape index (κ1) is 10.5. The van der Waals surface area contributed by atoms with Gasteiger partial charge in [-0.1, -0.05) is 17.2 Å². The van der Waals surface area contributed by atoms with Crippen LogP contribution in [-0.4, -0.2) is 15.0 Å². The van der Waals surface area contributed by atoms with Crippen molar-refractivity contribution in [2.24, 2.45) is 11.8 Å². The highest BCUT2D eigenvalue weighted by Crippen LogP contribution is 2.53. The van der Waals surface area contributed by atoms with Crippen molar-refractivity contribution in [3.05, 3.63) is 0 Å². The lowest BCUT2D eigenvalue weighted by atomic mass is 10.0. The van der Waals surface area contributed by atoms with Gasteiger partial charge >= 0.3 is 8.60 Å². The largest absolute Gasteiger partial charge is 0.340 e. The SMILES string of the molecule is OP(O)OSSC1CC2CCC1C2. The van der Waals surface area contributed by atoms with Gasteiger partial charge in [-0.15, -0.1) is 0 Å². The van der Waals surface area contributed by atoms with Crippen LogP contribution in [0.2, 0.25) is 0 Å². The van der Waals surface area contributed by atoms with Crippen LogP contribution < -0.4 is 0 Å². The van der Waals surface area contributed by atoms with Gasteiger partial charge in [-0.05, 0) is 31.1 Å². The lowest BCUT2D eigenvalue weighted by molar-refractivity contribution is 0.399. The van der Waals surface area contributed by atoms with Crippen molar-refractivity contribution in [2.75, 3.05) is 0 Å². The molecule has 13 heavy (non-hydrogen) atoms. The first-order valence-electron chi connectivity index (χ1n) is 4.43. The van der Waals surface area contributed by atoms with E-state index < -0.39 is 8.60 Å². The first-order valence-corrected chi connectivity index (χ1v) is 7.74. The molecule has 3 nitrogen and oxygen atoms in total. The molecule has 3 atom stereocenters. The lowest BCUT2D eigenvalue weighted by Crippen LogP contribution is -2.10. The van der Waals surface area contributed by atoms with Crippen molar-refractivity contribution < 1.29 is 13.8 Å². The lowest BCUT2D eigenvalue weighted by Gasteiger charge is -2.19. The van der Waals surface area contributed by atoms with Crippen LogP contribution in [0.3, 0.4) is 0 Å². The fourth-order valence-corrected chi connectivity index (χ4v) is 5.43. The van der Waals surface area contributed by atoms with E-state index in [0.29, 0.717) is 5.25 Å². The van der Waals surface area contributed by atoms with Gasteiger partial charge in [0.15, 0.2) is 0 Å². The molecule has 0 aliphatic heterocycles. The van der Waals surface area contributed by atoms with E-state index in [0.717, 1.165) is 22.9 Å². The van der Waals surface area contributed by atoms with Gasteiger partial charge in [-0.2, -0.15) is 0 Å². The summed E-state index contributed by atoms with van der Waals surface area (Å²) in [5.74, 6) is 1.79. The van der Waals surface area contributed by atoms with Crippen LogP contribution >= 0.6 is 30.5 Å². The Kier molecular flexibility index (Phi) is 3.79. The molecule has 0 saturated heterocycles. The predicted molar refractivity (Wildman–Crippen MR) is 56.9 cm³/mol. The molecule has 0 aromatic heterocycles. The molecule has 2 rings (SSSR count). The molecule has 0 radical (unpaired) electrons. The molecule has 0 spiro atoms. The zero-order chi connectivity index (χ0) is 9.26. The average molecular weight is 240 g/mol. The summed E-state index contributed by atoms with van der Waals surface area (Å²) in [5.41, 5.74) is 0. The van der Waals surface area contributed by atoms with Crippen molar-refractivity contribution in [3.8, 4) is 0 Å². The van der Waals surface area contributed by atoms with Crippen molar-refractivity contribution in [3.63, 3.8) is 0 Å². The molecule has 2 saturated carbocycles. The maximum absolute atomic E-state index is 8.52. The van der Waals surface area contributed by atoms with Crippen molar-refractivity contribution in [1.82, 2.24) is 0 Å². The zero-order valence-corrected chi connectivity index (χ0v) is 9.65. The molecule has 0 aromatic carbocycles. The van der Waals surface area contributed by atoms with Crippen molar-refractivity contribution in [1.29, 1.82) is 0 Å². The van der Waals surface area contributed by atoms with Crippen molar-refractivity contribution >= 4 is 30.5 Å². The van der Waals surface area contributed by atoms with E-state index >= 15 is 0 Å². The average Bonchev–Trinajstić information content (AvgIpc) is 2.64. The third-order valence-corrected chi connectivity index (χ3v) is 6.14. The molecule has 2 aliphatic carbocycles. The molecule has 0 amide bonds. The highest BCUT2D eigenvalue weighted by atomic mass is 33.1.